The number of carbonyl (C=O) groups excluding carboxylic acids is 1. The lowest BCUT2D eigenvalue weighted by Crippen LogP contribution is -2.51. The van der Waals surface area contributed by atoms with Gasteiger partial charge in [0.05, 0.1) is 5.54 Å². The van der Waals surface area contributed by atoms with Crippen molar-refractivity contribution in [2.75, 3.05) is 0 Å². The van der Waals surface area contributed by atoms with Crippen molar-refractivity contribution < 1.29 is 13.9 Å². The van der Waals surface area contributed by atoms with Gasteiger partial charge >= 0.3 is 0 Å². The number of hydrogen-bond donors (Lipinski definition) is 2. The quantitative estimate of drug-likeness (QED) is 0.858. The summed E-state index contributed by atoms with van der Waals surface area (Å²) in [4.78, 5) is 11.2. The number of amides is 1. The van der Waals surface area contributed by atoms with E-state index in [-0.39, 0.29) is 12.4 Å². The Morgan fingerprint density at radius 3 is 2.41 bits per heavy atom. The molecule has 1 amide bonds. The van der Waals surface area contributed by atoms with Crippen molar-refractivity contribution in [3.05, 3.63) is 65.5 Å². The monoisotopic (exact) mass is 302 g/mol. The number of carbonyl (C=O) groups is 1. The molecule has 4 nitrogen and oxygen atoms in total. The Kier molecular flexibility index (Phi) is 4.78. The number of hydrogen-bond acceptors (Lipinski definition) is 3. The molecule has 0 radical (unpaired) electrons. The Balaban J connectivity index is 1.98. The second kappa shape index (κ2) is 6.58. The predicted molar refractivity (Wildman–Crippen MR) is 82.7 cm³/mol. The molecule has 1 atom stereocenters. The van der Waals surface area contributed by atoms with Gasteiger partial charge in [-0.15, -0.1) is 0 Å². The van der Waals surface area contributed by atoms with E-state index in [0.29, 0.717) is 17.7 Å². The molecular weight excluding hydrogens is 283 g/mol. The molecule has 2 aromatic carbocycles. The first-order chi connectivity index (χ1) is 10.4. The Morgan fingerprint density at radius 2 is 1.82 bits per heavy atom. The van der Waals surface area contributed by atoms with Gasteiger partial charge in [0.1, 0.15) is 18.2 Å². The molecule has 5 heteroatoms. The average molecular weight is 302 g/mol. The molecule has 22 heavy (non-hydrogen) atoms. The fourth-order valence-corrected chi connectivity index (χ4v) is 1.99. The molecule has 116 valence electrons. The van der Waals surface area contributed by atoms with Crippen LogP contribution in [0.2, 0.25) is 0 Å². The zero-order valence-electron chi connectivity index (χ0n) is 12.4. The summed E-state index contributed by atoms with van der Waals surface area (Å²) in [6, 6.07) is 13.6. The maximum atomic E-state index is 13.5. The number of halogens is 1. The Morgan fingerprint density at radius 1 is 1.18 bits per heavy atom. The average Bonchev–Trinajstić information content (AvgIpc) is 2.47. The van der Waals surface area contributed by atoms with Gasteiger partial charge in [-0.3, -0.25) is 4.79 Å². The molecule has 0 aliphatic carbocycles. The minimum Gasteiger partial charge on any atom is -0.489 e. The van der Waals surface area contributed by atoms with Crippen molar-refractivity contribution >= 4 is 5.91 Å². The molecule has 0 unspecified atom stereocenters. The van der Waals surface area contributed by atoms with Crippen LogP contribution in [0.4, 0.5) is 4.39 Å². The predicted octanol–water partition coefficient (Wildman–Crippen LogP) is 2.15. The highest BCUT2D eigenvalue weighted by Crippen LogP contribution is 2.18. The van der Waals surface area contributed by atoms with Crippen LogP contribution in [0.25, 0.3) is 0 Å². The summed E-state index contributed by atoms with van der Waals surface area (Å²) >= 11 is 0. The number of rotatable bonds is 6. The molecule has 2 rings (SSSR count). The molecule has 0 aliphatic rings. The van der Waals surface area contributed by atoms with Gasteiger partial charge in [-0.25, -0.2) is 4.39 Å². The third-order valence-electron chi connectivity index (χ3n) is 3.41. The van der Waals surface area contributed by atoms with E-state index >= 15 is 0 Å². The highest BCUT2D eigenvalue weighted by atomic mass is 19.1. The van der Waals surface area contributed by atoms with Gasteiger partial charge in [-0.1, -0.05) is 30.3 Å². The molecule has 0 saturated carbocycles. The molecule has 0 heterocycles. The van der Waals surface area contributed by atoms with Crippen molar-refractivity contribution in [3.63, 3.8) is 0 Å². The number of ether oxygens (including phenoxy) is 1. The first-order valence-corrected chi connectivity index (χ1v) is 6.92. The van der Waals surface area contributed by atoms with E-state index in [1.807, 2.05) is 12.1 Å². The van der Waals surface area contributed by atoms with E-state index in [9.17, 15) is 9.18 Å². The Labute approximate surface area is 128 Å². The van der Waals surface area contributed by atoms with Crippen LogP contribution in [0, 0.1) is 5.82 Å². The standard InChI is InChI=1S/C17H19FN2O2/c1-17(20,16(19)21)10-12-6-8-14(9-7-12)22-11-13-4-2-3-5-15(13)18/h2-9H,10-11,20H2,1H3,(H2,19,21)/t17-/m0/s1. The summed E-state index contributed by atoms with van der Waals surface area (Å²) in [6.07, 6.45) is 0.343. The van der Waals surface area contributed by atoms with Gasteiger partial charge in [0.15, 0.2) is 0 Å². The molecule has 0 aliphatic heterocycles. The van der Waals surface area contributed by atoms with Crippen molar-refractivity contribution in [2.45, 2.75) is 25.5 Å². The fraction of sp³-hybridized carbons (Fsp3) is 0.235. The zero-order valence-corrected chi connectivity index (χ0v) is 12.4. The third-order valence-corrected chi connectivity index (χ3v) is 3.41. The maximum Gasteiger partial charge on any atom is 0.237 e. The van der Waals surface area contributed by atoms with Gasteiger partial charge in [-0.05, 0) is 37.1 Å². The van der Waals surface area contributed by atoms with Gasteiger partial charge in [0.25, 0.3) is 0 Å². The van der Waals surface area contributed by atoms with Crippen LogP contribution >= 0.6 is 0 Å². The normalized spacial score (nSPS) is 13.4. The smallest absolute Gasteiger partial charge is 0.237 e. The molecule has 0 bridgehead atoms. The lowest BCUT2D eigenvalue weighted by molar-refractivity contribution is -0.122. The number of benzene rings is 2. The van der Waals surface area contributed by atoms with E-state index in [4.69, 9.17) is 16.2 Å². The van der Waals surface area contributed by atoms with Crippen LogP contribution < -0.4 is 16.2 Å². The summed E-state index contributed by atoms with van der Waals surface area (Å²) in [6.45, 7) is 1.75. The van der Waals surface area contributed by atoms with Crippen molar-refractivity contribution in [1.82, 2.24) is 0 Å². The largest absolute Gasteiger partial charge is 0.489 e. The van der Waals surface area contributed by atoms with E-state index in [1.165, 1.54) is 6.07 Å². The van der Waals surface area contributed by atoms with Crippen molar-refractivity contribution in [3.8, 4) is 5.75 Å². The molecule has 0 fully saturated rings. The first-order valence-electron chi connectivity index (χ1n) is 6.92. The Hall–Kier alpha value is -2.40. The summed E-state index contributed by atoms with van der Waals surface area (Å²) in [5.74, 6) is -0.225. The van der Waals surface area contributed by atoms with Gasteiger partial charge in [-0.2, -0.15) is 0 Å². The zero-order chi connectivity index (χ0) is 16.2. The summed E-state index contributed by atoms with van der Waals surface area (Å²) < 4.78 is 19.0. The second-order valence-electron chi connectivity index (χ2n) is 5.48. The Bertz CT molecular complexity index is 654. The topological polar surface area (TPSA) is 78.3 Å². The SMILES string of the molecule is C[C@](N)(Cc1ccc(OCc2ccccc2F)cc1)C(N)=O. The number of primary amides is 1. The van der Waals surface area contributed by atoms with E-state index in [2.05, 4.69) is 0 Å². The van der Waals surface area contributed by atoms with Crippen molar-refractivity contribution in [1.29, 1.82) is 0 Å². The summed E-state index contributed by atoms with van der Waals surface area (Å²) in [5.41, 5.74) is 11.4. The summed E-state index contributed by atoms with van der Waals surface area (Å²) in [5, 5.41) is 0. The van der Waals surface area contributed by atoms with E-state index < -0.39 is 11.4 Å². The van der Waals surface area contributed by atoms with Crippen LogP contribution in [0.5, 0.6) is 5.75 Å². The third kappa shape index (κ3) is 4.05. The van der Waals surface area contributed by atoms with Crippen LogP contribution in [0.3, 0.4) is 0 Å². The van der Waals surface area contributed by atoms with E-state index in [0.717, 1.165) is 5.56 Å². The lowest BCUT2D eigenvalue weighted by atomic mass is 9.93. The van der Waals surface area contributed by atoms with Gasteiger partial charge in [0.2, 0.25) is 5.91 Å². The van der Waals surface area contributed by atoms with E-state index in [1.54, 1.807) is 37.3 Å². The van der Waals surface area contributed by atoms with Gasteiger partial charge < -0.3 is 16.2 Å². The lowest BCUT2D eigenvalue weighted by Gasteiger charge is -2.20. The highest BCUT2D eigenvalue weighted by Gasteiger charge is 2.25. The maximum absolute atomic E-state index is 13.5. The molecular formula is C17H19FN2O2. The molecule has 0 aromatic heterocycles. The van der Waals surface area contributed by atoms with Crippen LogP contribution in [-0.4, -0.2) is 11.4 Å². The molecule has 0 saturated heterocycles. The van der Waals surface area contributed by atoms with Crippen LogP contribution in [-0.2, 0) is 17.8 Å². The number of nitrogens with two attached hydrogens (primary N) is 2. The molecule has 0 spiro atoms. The van der Waals surface area contributed by atoms with Crippen LogP contribution in [0.1, 0.15) is 18.1 Å². The molecule has 2 aromatic rings. The van der Waals surface area contributed by atoms with Crippen LogP contribution in [0.15, 0.2) is 48.5 Å². The minimum atomic E-state index is -1.09. The first kappa shape index (κ1) is 16.0. The van der Waals surface area contributed by atoms with Gasteiger partial charge in [0, 0.05) is 5.56 Å². The highest BCUT2D eigenvalue weighted by molar-refractivity contribution is 5.84. The summed E-state index contributed by atoms with van der Waals surface area (Å²) in [7, 11) is 0. The molecule has 4 N–H and O–H groups in total. The minimum absolute atomic E-state index is 0.155. The fourth-order valence-electron chi connectivity index (χ4n) is 1.99. The van der Waals surface area contributed by atoms with Crippen molar-refractivity contribution in [2.24, 2.45) is 11.5 Å². The second-order valence-corrected chi connectivity index (χ2v) is 5.48.